The van der Waals surface area contributed by atoms with Gasteiger partial charge in [-0.05, 0) is 57.9 Å². The topological polar surface area (TPSA) is 61.9 Å². The summed E-state index contributed by atoms with van der Waals surface area (Å²) < 4.78 is 5.59. The Morgan fingerprint density at radius 1 is 1.08 bits per heavy atom. The zero-order chi connectivity index (χ0) is 18.6. The number of nitrogens with one attached hydrogen (secondary N) is 1. The van der Waals surface area contributed by atoms with E-state index in [4.69, 9.17) is 4.74 Å². The Hall–Kier alpha value is -2.24. The summed E-state index contributed by atoms with van der Waals surface area (Å²) in [4.78, 5) is 28.5. The fourth-order valence-corrected chi connectivity index (χ4v) is 2.95. The van der Waals surface area contributed by atoms with Crippen LogP contribution in [0.25, 0.3) is 0 Å². The number of hydrogen-bond acceptors (Lipinski definition) is 3. The van der Waals surface area contributed by atoms with E-state index in [1.54, 1.807) is 4.90 Å². The molecule has 1 fully saturated rings. The minimum absolute atomic E-state index is 0.0209. The highest BCUT2D eigenvalue weighted by Gasteiger charge is 2.26. The molecule has 0 unspecified atom stereocenters. The van der Waals surface area contributed by atoms with E-state index in [-0.39, 0.29) is 18.0 Å². The Balaban J connectivity index is 2.03. The van der Waals surface area contributed by atoms with Crippen LogP contribution in [0.2, 0.25) is 0 Å². The Morgan fingerprint density at radius 3 is 2.24 bits per heavy atom. The van der Waals surface area contributed by atoms with E-state index in [0.717, 1.165) is 16.9 Å². The molecule has 0 bridgehead atoms. The minimum Gasteiger partial charge on any atom is -0.494 e. The maximum atomic E-state index is 12.9. The Labute approximate surface area is 150 Å². The van der Waals surface area contributed by atoms with E-state index in [1.807, 2.05) is 51.7 Å². The standard InChI is InChI=1S/C19H29N3O3/c1-6-25-17-12-14(4)16(11-15(17)5)18(23)21-7-9-22(10-8-21)19(24)20-13(2)3/h11-13H,6-10H2,1-5H3,(H,20,24). The van der Waals surface area contributed by atoms with Crippen LogP contribution in [0, 0.1) is 13.8 Å². The lowest BCUT2D eigenvalue weighted by molar-refractivity contribution is 0.0663. The molecule has 2 rings (SSSR count). The number of carbonyl (C=O) groups is 2. The molecule has 3 amide bonds. The van der Waals surface area contributed by atoms with Gasteiger partial charge in [-0.1, -0.05) is 0 Å². The summed E-state index contributed by atoms with van der Waals surface area (Å²) in [5.74, 6) is 0.847. The predicted molar refractivity (Wildman–Crippen MR) is 98.2 cm³/mol. The number of carbonyl (C=O) groups excluding carboxylic acids is 2. The number of urea groups is 1. The van der Waals surface area contributed by atoms with E-state index >= 15 is 0 Å². The second-order valence-electron chi connectivity index (χ2n) is 6.75. The molecule has 0 aliphatic carbocycles. The van der Waals surface area contributed by atoms with Gasteiger partial charge in [-0.2, -0.15) is 0 Å². The van der Waals surface area contributed by atoms with Crippen LogP contribution in [0.5, 0.6) is 5.75 Å². The number of aryl methyl sites for hydroxylation is 2. The SMILES string of the molecule is CCOc1cc(C)c(C(=O)N2CCN(C(=O)NC(C)C)CC2)cc1C. The molecule has 0 atom stereocenters. The molecule has 1 aliphatic heterocycles. The van der Waals surface area contributed by atoms with Crippen molar-refractivity contribution in [2.75, 3.05) is 32.8 Å². The summed E-state index contributed by atoms with van der Waals surface area (Å²) in [5.41, 5.74) is 2.59. The third-order valence-corrected chi connectivity index (χ3v) is 4.32. The summed E-state index contributed by atoms with van der Waals surface area (Å²) >= 11 is 0. The highest BCUT2D eigenvalue weighted by Crippen LogP contribution is 2.24. The number of rotatable bonds is 4. The zero-order valence-corrected chi connectivity index (χ0v) is 15.9. The van der Waals surface area contributed by atoms with Crippen molar-refractivity contribution in [3.05, 3.63) is 28.8 Å². The van der Waals surface area contributed by atoms with E-state index in [1.165, 1.54) is 0 Å². The van der Waals surface area contributed by atoms with Gasteiger partial charge in [-0.25, -0.2) is 4.79 Å². The molecule has 1 aromatic rings. The van der Waals surface area contributed by atoms with E-state index in [9.17, 15) is 9.59 Å². The van der Waals surface area contributed by atoms with Crippen molar-refractivity contribution < 1.29 is 14.3 Å². The zero-order valence-electron chi connectivity index (χ0n) is 15.9. The first-order valence-electron chi connectivity index (χ1n) is 8.92. The molecular formula is C19H29N3O3. The maximum absolute atomic E-state index is 12.9. The van der Waals surface area contributed by atoms with Crippen LogP contribution in [0.3, 0.4) is 0 Å². The van der Waals surface area contributed by atoms with Gasteiger partial charge in [0, 0.05) is 37.8 Å². The van der Waals surface area contributed by atoms with Crippen molar-refractivity contribution in [2.45, 2.75) is 40.7 Å². The molecule has 0 aromatic heterocycles. The average Bonchev–Trinajstić information content (AvgIpc) is 2.57. The van der Waals surface area contributed by atoms with Crippen molar-refractivity contribution in [2.24, 2.45) is 0 Å². The summed E-state index contributed by atoms with van der Waals surface area (Å²) in [6.07, 6.45) is 0. The van der Waals surface area contributed by atoms with Crippen LogP contribution in [0.15, 0.2) is 12.1 Å². The summed E-state index contributed by atoms with van der Waals surface area (Å²) in [5, 5.41) is 2.89. The molecule has 1 saturated heterocycles. The molecule has 25 heavy (non-hydrogen) atoms. The van der Waals surface area contributed by atoms with E-state index < -0.39 is 0 Å². The van der Waals surface area contributed by atoms with Gasteiger partial charge in [-0.15, -0.1) is 0 Å². The molecule has 0 saturated carbocycles. The molecule has 1 aliphatic rings. The third kappa shape index (κ3) is 4.65. The van der Waals surface area contributed by atoms with Gasteiger partial charge in [-0.3, -0.25) is 4.79 Å². The average molecular weight is 347 g/mol. The van der Waals surface area contributed by atoms with Gasteiger partial charge < -0.3 is 19.9 Å². The van der Waals surface area contributed by atoms with Crippen LogP contribution in [0.4, 0.5) is 4.79 Å². The first kappa shape index (κ1) is 19.1. The lowest BCUT2D eigenvalue weighted by Gasteiger charge is -2.35. The van der Waals surface area contributed by atoms with Crippen LogP contribution in [-0.2, 0) is 0 Å². The van der Waals surface area contributed by atoms with Gasteiger partial charge in [0.15, 0.2) is 0 Å². The van der Waals surface area contributed by atoms with E-state index in [2.05, 4.69) is 5.32 Å². The largest absolute Gasteiger partial charge is 0.494 e. The summed E-state index contributed by atoms with van der Waals surface area (Å²) in [7, 11) is 0. The van der Waals surface area contributed by atoms with Crippen LogP contribution < -0.4 is 10.1 Å². The van der Waals surface area contributed by atoms with Crippen molar-refractivity contribution >= 4 is 11.9 Å². The maximum Gasteiger partial charge on any atom is 0.317 e. The van der Waals surface area contributed by atoms with Crippen LogP contribution in [-0.4, -0.2) is 60.6 Å². The van der Waals surface area contributed by atoms with Crippen molar-refractivity contribution in [3.63, 3.8) is 0 Å². The fourth-order valence-electron chi connectivity index (χ4n) is 2.95. The van der Waals surface area contributed by atoms with Crippen LogP contribution in [0.1, 0.15) is 42.3 Å². The van der Waals surface area contributed by atoms with Crippen LogP contribution >= 0.6 is 0 Å². The molecule has 0 radical (unpaired) electrons. The Morgan fingerprint density at radius 2 is 1.68 bits per heavy atom. The van der Waals surface area contributed by atoms with Gasteiger partial charge in [0.2, 0.25) is 0 Å². The number of piperazine rings is 1. The molecule has 1 N–H and O–H groups in total. The van der Waals surface area contributed by atoms with Crippen molar-refractivity contribution in [1.29, 1.82) is 0 Å². The van der Waals surface area contributed by atoms with Gasteiger partial charge in [0.25, 0.3) is 5.91 Å². The molecule has 6 heteroatoms. The number of ether oxygens (including phenoxy) is 1. The third-order valence-electron chi connectivity index (χ3n) is 4.32. The number of amides is 3. The first-order valence-corrected chi connectivity index (χ1v) is 8.92. The van der Waals surface area contributed by atoms with E-state index in [0.29, 0.717) is 38.3 Å². The molecule has 0 spiro atoms. The van der Waals surface area contributed by atoms with Gasteiger partial charge in [0.1, 0.15) is 5.75 Å². The van der Waals surface area contributed by atoms with Gasteiger partial charge >= 0.3 is 6.03 Å². The molecule has 1 aromatic carbocycles. The van der Waals surface area contributed by atoms with Crippen molar-refractivity contribution in [1.82, 2.24) is 15.1 Å². The predicted octanol–water partition coefficient (Wildman–Crippen LogP) is 2.58. The Kier molecular flexibility index (Phi) is 6.28. The highest BCUT2D eigenvalue weighted by molar-refractivity contribution is 5.96. The van der Waals surface area contributed by atoms with Gasteiger partial charge in [0.05, 0.1) is 6.61 Å². The summed E-state index contributed by atoms with van der Waals surface area (Å²) in [6.45, 7) is 12.5. The smallest absolute Gasteiger partial charge is 0.317 e. The second kappa shape index (κ2) is 8.23. The summed E-state index contributed by atoms with van der Waals surface area (Å²) in [6, 6.07) is 3.88. The molecule has 1 heterocycles. The quantitative estimate of drug-likeness (QED) is 0.911. The highest BCUT2D eigenvalue weighted by atomic mass is 16.5. The monoisotopic (exact) mass is 347 g/mol. The molecule has 138 valence electrons. The number of hydrogen-bond donors (Lipinski definition) is 1. The van der Waals surface area contributed by atoms with Crippen molar-refractivity contribution in [3.8, 4) is 5.75 Å². The normalized spacial score (nSPS) is 14.6. The number of nitrogens with zero attached hydrogens (tertiary/aromatic N) is 2. The molecular weight excluding hydrogens is 318 g/mol. The number of benzene rings is 1. The molecule has 6 nitrogen and oxygen atoms in total. The first-order chi connectivity index (χ1) is 11.8. The lowest BCUT2D eigenvalue weighted by atomic mass is 10.0. The Bertz CT molecular complexity index is 635. The second-order valence-corrected chi connectivity index (χ2v) is 6.75. The fraction of sp³-hybridized carbons (Fsp3) is 0.579. The lowest BCUT2D eigenvalue weighted by Crippen LogP contribution is -2.54. The minimum atomic E-state index is -0.0600.